The van der Waals surface area contributed by atoms with Gasteiger partial charge in [-0.15, -0.1) is 0 Å². The van der Waals surface area contributed by atoms with E-state index in [1.807, 2.05) is 24.5 Å². The molecule has 1 fully saturated rings. The molecule has 0 bridgehead atoms. The second-order valence-corrected chi connectivity index (χ2v) is 7.76. The van der Waals surface area contributed by atoms with Crippen LogP contribution >= 0.6 is 0 Å². The monoisotopic (exact) mass is 349 g/mol. The number of hydrogen-bond acceptors (Lipinski definition) is 3. The molecule has 26 heavy (non-hydrogen) atoms. The molecule has 0 amide bonds. The first-order valence-electron chi connectivity index (χ1n) is 9.46. The van der Waals surface area contributed by atoms with Crippen molar-refractivity contribution >= 4 is 11.0 Å². The second-order valence-electron chi connectivity index (χ2n) is 7.76. The Kier molecular flexibility index (Phi) is 4.73. The fraction of sp³-hybridized carbons (Fsp3) is 0.391. The van der Waals surface area contributed by atoms with Gasteiger partial charge >= 0.3 is 0 Å². The third-order valence-electron chi connectivity index (χ3n) is 5.16. The SMILES string of the molecule is Cc1cc(CN(C)CC2CC2)c2occ(COc3ccccc3C)c2c1. The topological polar surface area (TPSA) is 25.6 Å². The minimum atomic E-state index is 0.526. The van der Waals surface area contributed by atoms with Crippen LogP contribution in [0.4, 0.5) is 0 Å². The molecule has 0 unspecified atom stereocenters. The average Bonchev–Trinajstić information content (AvgIpc) is 3.32. The summed E-state index contributed by atoms with van der Waals surface area (Å²) >= 11 is 0. The van der Waals surface area contributed by atoms with Crippen molar-refractivity contribution in [3.63, 3.8) is 0 Å². The minimum Gasteiger partial charge on any atom is -0.488 e. The van der Waals surface area contributed by atoms with E-state index in [0.717, 1.165) is 34.9 Å². The van der Waals surface area contributed by atoms with Gasteiger partial charge in [0.2, 0.25) is 0 Å². The van der Waals surface area contributed by atoms with Gasteiger partial charge in [-0.3, -0.25) is 0 Å². The maximum atomic E-state index is 6.04. The summed E-state index contributed by atoms with van der Waals surface area (Å²) in [5.74, 6) is 1.83. The van der Waals surface area contributed by atoms with Crippen molar-refractivity contribution in [2.24, 2.45) is 5.92 Å². The summed E-state index contributed by atoms with van der Waals surface area (Å²) in [6.45, 7) is 6.86. The normalized spacial score (nSPS) is 14.3. The molecule has 3 aromatic rings. The highest BCUT2D eigenvalue weighted by atomic mass is 16.5. The highest BCUT2D eigenvalue weighted by molar-refractivity contribution is 5.84. The molecule has 1 heterocycles. The van der Waals surface area contributed by atoms with Crippen LogP contribution in [0.15, 0.2) is 47.1 Å². The Hall–Kier alpha value is -2.26. The molecule has 4 rings (SSSR count). The molecule has 0 spiro atoms. The van der Waals surface area contributed by atoms with E-state index in [-0.39, 0.29) is 0 Å². The van der Waals surface area contributed by atoms with Gasteiger partial charge in [-0.1, -0.05) is 24.3 Å². The summed E-state index contributed by atoms with van der Waals surface area (Å²) in [5.41, 5.74) is 5.80. The molecule has 136 valence electrons. The van der Waals surface area contributed by atoms with Gasteiger partial charge in [0.15, 0.2) is 0 Å². The molecule has 3 nitrogen and oxygen atoms in total. The van der Waals surface area contributed by atoms with Gasteiger partial charge in [0, 0.05) is 29.6 Å². The summed E-state index contributed by atoms with van der Waals surface area (Å²) in [4.78, 5) is 2.41. The standard InChI is InChI=1S/C23H27NO2/c1-16-10-19(13-24(3)12-18-8-9-18)23-21(11-16)20(15-26-23)14-25-22-7-5-4-6-17(22)2/h4-7,10-11,15,18H,8-9,12-14H2,1-3H3. The number of rotatable bonds is 7. The van der Waals surface area contributed by atoms with E-state index in [1.165, 1.54) is 35.9 Å². The molecule has 1 aliphatic rings. The van der Waals surface area contributed by atoms with Crippen molar-refractivity contribution in [1.82, 2.24) is 4.90 Å². The van der Waals surface area contributed by atoms with Crippen LogP contribution in [0.1, 0.15) is 35.1 Å². The molecule has 2 aromatic carbocycles. The molecule has 1 saturated carbocycles. The van der Waals surface area contributed by atoms with E-state index in [0.29, 0.717) is 6.61 Å². The van der Waals surface area contributed by atoms with Gasteiger partial charge in [0.05, 0.1) is 6.26 Å². The quantitative estimate of drug-likeness (QED) is 0.565. The molecule has 0 aliphatic heterocycles. The van der Waals surface area contributed by atoms with Crippen molar-refractivity contribution in [2.45, 2.75) is 39.8 Å². The number of aryl methyl sites for hydroxylation is 2. The zero-order chi connectivity index (χ0) is 18.1. The molecule has 1 aromatic heterocycles. The van der Waals surface area contributed by atoms with E-state index in [1.54, 1.807) is 0 Å². The van der Waals surface area contributed by atoms with Crippen LogP contribution < -0.4 is 4.74 Å². The van der Waals surface area contributed by atoms with Crippen LogP contribution in [0.3, 0.4) is 0 Å². The van der Waals surface area contributed by atoms with Crippen molar-refractivity contribution in [3.05, 3.63) is 64.9 Å². The Labute approximate surface area is 155 Å². The van der Waals surface area contributed by atoms with Crippen molar-refractivity contribution < 1.29 is 9.15 Å². The average molecular weight is 349 g/mol. The third-order valence-corrected chi connectivity index (χ3v) is 5.16. The zero-order valence-electron chi connectivity index (χ0n) is 15.9. The first kappa shape index (κ1) is 17.2. The van der Waals surface area contributed by atoms with Crippen molar-refractivity contribution in [2.75, 3.05) is 13.6 Å². The molecule has 0 saturated heterocycles. The Morgan fingerprint density at radius 2 is 1.92 bits per heavy atom. The lowest BCUT2D eigenvalue weighted by Gasteiger charge is -2.17. The van der Waals surface area contributed by atoms with Crippen LogP contribution in [0.25, 0.3) is 11.0 Å². The first-order valence-corrected chi connectivity index (χ1v) is 9.46. The molecule has 0 radical (unpaired) electrons. The van der Waals surface area contributed by atoms with Crippen molar-refractivity contribution in [3.8, 4) is 5.75 Å². The Balaban J connectivity index is 1.55. The molecular formula is C23H27NO2. The molecular weight excluding hydrogens is 322 g/mol. The smallest absolute Gasteiger partial charge is 0.138 e. The number of fused-ring (bicyclic) bond motifs is 1. The molecule has 3 heteroatoms. The summed E-state index contributed by atoms with van der Waals surface area (Å²) in [6.07, 6.45) is 4.62. The lowest BCUT2D eigenvalue weighted by Crippen LogP contribution is -2.20. The maximum Gasteiger partial charge on any atom is 0.138 e. The Morgan fingerprint density at radius 1 is 1.12 bits per heavy atom. The van der Waals surface area contributed by atoms with Crippen LogP contribution in [0.2, 0.25) is 0 Å². The summed E-state index contributed by atoms with van der Waals surface area (Å²) < 4.78 is 12.0. The predicted molar refractivity (Wildman–Crippen MR) is 106 cm³/mol. The highest BCUT2D eigenvalue weighted by Crippen LogP contribution is 2.31. The third kappa shape index (κ3) is 3.78. The van der Waals surface area contributed by atoms with E-state index in [2.05, 4.69) is 44.0 Å². The summed E-state index contributed by atoms with van der Waals surface area (Å²) in [5, 5.41) is 1.17. The lowest BCUT2D eigenvalue weighted by molar-refractivity contribution is 0.304. The molecule has 0 atom stereocenters. The van der Waals surface area contributed by atoms with Crippen LogP contribution in [0.5, 0.6) is 5.75 Å². The largest absolute Gasteiger partial charge is 0.488 e. The molecule has 0 N–H and O–H groups in total. The number of para-hydroxylation sites is 1. The van der Waals surface area contributed by atoms with E-state index in [4.69, 9.17) is 9.15 Å². The number of furan rings is 1. The molecule has 1 aliphatic carbocycles. The number of nitrogens with zero attached hydrogens (tertiary/aromatic N) is 1. The zero-order valence-corrected chi connectivity index (χ0v) is 15.9. The number of benzene rings is 2. The fourth-order valence-corrected chi connectivity index (χ4v) is 3.62. The van der Waals surface area contributed by atoms with Crippen LogP contribution in [-0.2, 0) is 13.2 Å². The second kappa shape index (κ2) is 7.16. The predicted octanol–water partition coefficient (Wildman–Crippen LogP) is 5.47. The van der Waals surface area contributed by atoms with Gasteiger partial charge in [-0.2, -0.15) is 0 Å². The summed E-state index contributed by atoms with van der Waals surface area (Å²) in [7, 11) is 2.21. The van der Waals surface area contributed by atoms with Gasteiger partial charge in [0.1, 0.15) is 17.9 Å². The number of hydrogen-bond donors (Lipinski definition) is 0. The number of ether oxygens (including phenoxy) is 1. The first-order chi connectivity index (χ1) is 12.6. The highest BCUT2D eigenvalue weighted by Gasteiger charge is 2.23. The van der Waals surface area contributed by atoms with E-state index < -0.39 is 0 Å². The lowest BCUT2D eigenvalue weighted by atomic mass is 10.0. The van der Waals surface area contributed by atoms with Crippen LogP contribution in [-0.4, -0.2) is 18.5 Å². The van der Waals surface area contributed by atoms with Crippen LogP contribution in [0, 0.1) is 19.8 Å². The summed E-state index contributed by atoms with van der Waals surface area (Å²) in [6, 6.07) is 12.6. The maximum absolute atomic E-state index is 6.04. The van der Waals surface area contributed by atoms with Crippen molar-refractivity contribution in [1.29, 1.82) is 0 Å². The van der Waals surface area contributed by atoms with E-state index in [9.17, 15) is 0 Å². The fourth-order valence-electron chi connectivity index (χ4n) is 3.62. The van der Waals surface area contributed by atoms with Gasteiger partial charge in [-0.25, -0.2) is 0 Å². The minimum absolute atomic E-state index is 0.526. The Bertz CT molecular complexity index is 908. The Morgan fingerprint density at radius 3 is 2.69 bits per heavy atom. The van der Waals surface area contributed by atoms with Gasteiger partial charge in [0.25, 0.3) is 0 Å². The van der Waals surface area contributed by atoms with Gasteiger partial charge < -0.3 is 14.1 Å². The van der Waals surface area contributed by atoms with E-state index >= 15 is 0 Å². The van der Waals surface area contributed by atoms with Gasteiger partial charge in [-0.05, 0) is 62.9 Å².